The van der Waals surface area contributed by atoms with Crippen molar-refractivity contribution in [1.29, 1.82) is 0 Å². The standard InChI is InChI=1S/C18H27NO/c1-3-18(2)13-16(11-12-20-18)19-17(15-9-10-15)14-7-5-4-6-8-14/h4-8,15-17,19H,3,9-13H2,1-2H3. The zero-order valence-electron chi connectivity index (χ0n) is 12.8. The van der Waals surface area contributed by atoms with Crippen LogP contribution in [-0.4, -0.2) is 18.2 Å². The molecule has 1 aliphatic heterocycles. The average molecular weight is 273 g/mol. The molecule has 3 unspecified atom stereocenters. The monoisotopic (exact) mass is 273 g/mol. The third kappa shape index (κ3) is 3.24. The molecule has 20 heavy (non-hydrogen) atoms. The van der Waals surface area contributed by atoms with Gasteiger partial charge in [0.15, 0.2) is 0 Å². The van der Waals surface area contributed by atoms with E-state index in [-0.39, 0.29) is 5.60 Å². The van der Waals surface area contributed by atoms with Gasteiger partial charge in [0.1, 0.15) is 0 Å². The Hall–Kier alpha value is -0.860. The molecule has 0 amide bonds. The fourth-order valence-corrected chi connectivity index (χ4v) is 3.37. The molecule has 0 bridgehead atoms. The minimum Gasteiger partial charge on any atom is -0.375 e. The highest BCUT2D eigenvalue weighted by molar-refractivity contribution is 5.21. The second-order valence-corrected chi connectivity index (χ2v) is 6.73. The minimum absolute atomic E-state index is 0.0701. The molecule has 3 atom stereocenters. The summed E-state index contributed by atoms with van der Waals surface area (Å²) in [5.74, 6) is 0.841. The van der Waals surface area contributed by atoms with E-state index in [1.54, 1.807) is 0 Å². The summed E-state index contributed by atoms with van der Waals surface area (Å²) in [6, 6.07) is 12.1. The highest BCUT2D eigenvalue weighted by Crippen LogP contribution is 2.42. The Morgan fingerprint density at radius 2 is 2.00 bits per heavy atom. The molecule has 2 heteroatoms. The minimum atomic E-state index is 0.0701. The fraction of sp³-hybridized carbons (Fsp3) is 0.667. The number of nitrogens with one attached hydrogen (secondary N) is 1. The normalized spacial score (nSPS) is 32.0. The Kier molecular flexibility index (Phi) is 4.13. The van der Waals surface area contributed by atoms with E-state index in [0.717, 1.165) is 31.8 Å². The maximum atomic E-state index is 5.97. The summed E-state index contributed by atoms with van der Waals surface area (Å²) in [6.07, 6.45) is 6.14. The van der Waals surface area contributed by atoms with Gasteiger partial charge in [0.05, 0.1) is 5.60 Å². The molecule has 2 fully saturated rings. The number of benzene rings is 1. The molecule has 3 rings (SSSR count). The first-order valence-electron chi connectivity index (χ1n) is 8.15. The van der Waals surface area contributed by atoms with Crippen LogP contribution in [0.4, 0.5) is 0 Å². The van der Waals surface area contributed by atoms with Gasteiger partial charge in [0.2, 0.25) is 0 Å². The van der Waals surface area contributed by atoms with Gasteiger partial charge in [-0.2, -0.15) is 0 Å². The van der Waals surface area contributed by atoms with Crippen molar-refractivity contribution < 1.29 is 4.74 Å². The topological polar surface area (TPSA) is 21.3 Å². The van der Waals surface area contributed by atoms with Crippen molar-refractivity contribution in [1.82, 2.24) is 5.32 Å². The molecule has 2 nitrogen and oxygen atoms in total. The Balaban J connectivity index is 1.68. The first-order chi connectivity index (χ1) is 9.70. The van der Waals surface area contributed by atoms with Gasteiger partial charge in [0, 0.05) is 18.7 Å². The molecule has 0 radical (unpaired) electrons. The SMILES string of the molecule is CCC1(C)CC(NC(c2ccccc2)C2CC2)CCO1. The number of ether oxygens (including phenoxy) is 1. The van der Waals surface area contributed by atoms with E-state index in [1.165, 1.54) is 18.4 Å². The molecular weight excluding hydrogens is 246 g/mol. The van der Waals surface area contributed by atoms with Gasteiger partial charge in [-0.15, -0.1) is 0 Å². The second-order valence-electron chi connectivity index (χ2n) is 6.73. The third-order valence-corrected chi connectivity index (χ3v) is 5.01. The lowest BCUT2D eigenvalue weighted by molar-refractivity contribution is -0.0794. The predicted octanol–water partition coefficient (Wildman–Crippen LogP) is 4.08. The maximum absolute atomic E-state index is 5.97. The maximum Gasteiger partial charge on any atom is 0.0666 e. The molecule has 1 saturated heterocycles. The van der Waals surface area contributed by atoms with Crippen LogP contribution in [0.3, 0.4) is 0 Å². The average Bonchev–Trinajstić information content (AvgIpc) is 3.30. The molecule has 110 valence electrons. The van der Waals surface area contributed by atoms with Gasteiger partial charge in [-0.1, -0.05) is 37.3 Å². The lowest BCUT2D eigenvalue weighted by atomic mass is 9.88. The molecule has 0 spiro atoms. The summed E-state index contributed by atoms with van der Waals surface area (Å²) in [4.78, 5) is 0. The van der Waals surface area contributed by atoms with Crippen LogP contribution in [0.25, 0.3) is 0 Å². The highest BCUT2D eigenvalue weighted by atomic mass is 16.5. The van der Waals surface area contributed by atoms with Crippen molar-refractivity contribution in [2.45, 2.75) is 63.6 Å². The van der Waals surface area contributed by atoms with Gasteiger partial charge >= 0.3 is 0 Å². The van der Waals surface area contributed by atoms with Crippen molar-refractivity contribution in [3.63, 3.8) is 0 Å². The highest BCUT2D eigenvalue weighted by Gasteiger charge is 2.37. The number of rotatable bonds is 5. The first-order valence-corrected chi connectivity index (χ1v) is 8.15. The van der Waals surface area contributed by atoms with E-state index in [0.29, 0.717) is 12.1 Å². The van der Waals surface area contributed by atoms with Gasteiger partial charge in [-0.25, -0.2) is 0 Å². The molecule has 1 N–H and O–H groups in total. The molecule has 1 aliphatic carbocycles. The quantitative estimate of drug-likeness (QED) is 0.873. The summed E-state index contributed by atoms with van der Waals surface area (Å²) in [5.41, 5.74) is 1.53. The fourth-order valence-electron chi connectivity index (χ4n) is 3.37. The molecule has 1 aromatic rings. The molecule has 0 aromatic heterocycles. The van der Waals surface area contributed by atoms with Gasteiger partial charge < -0.3 is 10.1 Å². The van der Waals surface area contributed by atoms with Crippen LogP contribution in [0.5, 0.6) is 0 Å². The Labute approximate surface area is 122 Å². The van der Waals surface area contributed by atoms with Crippen molar-refractivity contribution >= 4 is 0 Å². The summed E-state index contributed by atoms with van der Waals surface area (Å²) in [6.45, 7) is 5.39. The van der Waals surface area contributed by atoms with Crippen LogP contribution in [0.1, 0.15) is 57.6 Å². The van der Waals surface area contributed by atoms with E-state index < -0.39 is 0 Å². The van der Waals surface area contributed by atoms with Crippen molar-refractivity contribution in [2.75, 3.05) is 6.61 Å². The van der Waals surface area contributed by atoms with E-state index in [9.17, 15) is 0 Å². The molecular formula is C18H27NO. The summed E-state index contributed by atoms with van der Waals surface area (Å²) in [5, 5.41) is 3.94. The van der Waals surface area contributed by atoms with E-state index in [2.05, 4.69) is 49.5 Å². The van der Waals surface area contributed by atoms with Gasteiger partial charge in [-0.05, 0) is 50.5 Å². The lowest BCUT2D eigenvalue weighted by Gasteiger charge is -2.39. The van der Waals surface area contributed by atoms with E-state index in [1.807, 2.05) is 0 Å². The predicted molar refractivity (Wildman–Crippen MR) is 82.7 cm³/mol. The van der Waals surface area contributed by atoms with Crippen LogP contribution in [-0.2, 0) is 4.74 Å². The largest absolute Gasteiger partial charge is 0.375 e. The number of hydrogen-bond donors (Lipinski definition) is 1. The Morgan fingerprint density at radius 3 is 2.65 bits per heavy atom. The summed E-state index contributed by atoms with van der Waals surface area (Å²) in [7, 11) is 0. The Bertz CT molecular complexity index is 428. The zero-order valence-corrected chi connectivity index (χ0v) is 12.8. The molecule has 1 heterocycles. The molecule has 2 aliphatic rings. The molecule has 1 saturated carbocycles. The smallest absolute Gasteiger partial charge is 0.0666 e. The number of hydrogen-bond acceptors (Lipinski definition) is 2. The lowest BCUT2D eigenvalue weighted by Crippen LogP contribution is -2.46. The van der Waals surface area contributed by atoms with E-state index in [4.69, 9.17) is 4.74 Å². The van der Waals surface area contributed by atoms with Crippen LogP contribution >= 0.6 is 0 Å². The first kappa shape index (κ1) is 14.1. The van der Waals surface area contributed by atoms with Crippen molar-refractivity contribution in [3.05, 3.63) is 35.9 Å². The van der Waals surface area contributed by atoms with Crippen LogP contribution in [0.15, 0.2) is 30.3 Å². The van der Waals surface area contributed by atoms with Crippen molar-refractivity contribution in [2.24, 2.45) is 5.92 Å². The van der Waals surface area contributed by atoms with Gasteiger partial charge in [0.25, 0.3) is 0 Å². The van der Waals surface area contributed by atoms with Crippen LogP contribution < -0.4 is 5.32 Å². The van der Waals surface area contributed by atoms with Crippen molar-refractivity contribution in [3.8, 4) is 0 Å². The van der Waals surface area contributed by atoms with Crippen LogP contribution in [0.2, 0.25) is 0 Å². The zero-order chi connectivity index (χ0) is 14.0. The van der Waals surface area contributed by atoms with Gasteiger partial charge in [-0.3, -0.25) is 0 Å². The summed E-state index contributed by atoms with van der Waals surface area (Å²) < 4.78 is 5.97. The van der Waals surface area contributed by atoms with E-state index >= 15 is 0 Å². The molecule has 1 aromatic carbocycles. The van der Waals surface area contributed by atoms with Crippen LogP contribution in [0, 0.1) is 5.92 Å². The second kappa shape index (κ2) is 5.87. The Morgan fingerprint density at radius 1 is 1.25 bits per heavy atom. The summed E-state index contributed by atoms with van der Waals surface area (Å²) >= 11 is 0. The third-order valence-electron chi connectivity index (χ3n) is 5.01.